The summed E-state index contributed by atoms with van der Waals surface area (Å²) in [6, 6.07) is 15.1. The zero-order valence-electron chi connectivity index (χ0n) is 19.5. The molecule has 1 saturated heterocycles. The molecular formula is C26H24ClN7O2. The number of amides is 1. The van der Waals surface area contributed by atoms with Gasteiger partial charge in [0.25, 0.3) is 0 Å². The predicted octanol–water partition coefficient (Wildman–Crippen LogP) is 4.72. The number of rotatable bonds is 5. The van der Waals surface area contributed by atoms with Crippen molar-refractivity contribution in [3.8, 4) is 11.8 Å². The van der Waals surface area contributed by atoms with Crippen molar-refractivity contribution >= 4 is 28.7 Å². The van der Waals surface area contributed by atoms with Crippen LogP contribution in [-0.4, -0.2) is 47.7 Å². The van der Waals surface area contributed by atoms with E-state index in [0.717, 1.165) is 48.9 Å². The third-order valence-corrected chi connectivity index (χ3v) is 7.39. The van der Waals surface area contributed by atoms with Crippen molar-refractivity contribution in [3.05, 3.63) is 71.3 Å². The number of ether oxygens (including phenoxy) is 1. The Morgan fingerprint density at radius 2 is 2.08 bits per heavy atom. The highest BCUT2D eigenvalue weighted by atomic mass is 35.5. The molecule has 2 atom stereocenters. The summed E-state index contributed by atoms with van der Waals surface area (Å²) in [5.74, 6) is 0.348. The van der Waals surface area contributed by atoms with Crippen LogP contribution in [0.2, 0.25) is 5.02 Å². The van der Waals surface area contributed by atoms with E-state index in [1.165, 1.54) is 0 Å². The number of nitriles is 1. The van der Waals surface area contributed by atoms with Crippen molar-refractivity contribution in [2.24, 2.45) is 5.92 Å². The van der Waals surface area contributed by atoms with Crippen LogP contribution in [0.5, 0.6) is 0 Å². The number of fused-ring (bicyclic) bond motifs is 1. The molecule has 0 unspecified atom stereocenters. The van der Waals surface area contributed by atoms with E-state index in [4.69, 9.17) is 16.3 Å². The zero-order chi connectivity index (χ0) is 24.7. The Labute approximate surface area is 212 Å². The zero-order valence-corrected chi connectivity index (χ0v) is 20.3. The summed E-state index contributed by atoms with van der Waals surface area (Å²) in [7, 11) is 0. The number of benzene rings is 2. The minimum atomic E-state index is -0.486. The second kappa shape index (κ2) is 8.95. The molecule has 2 aliphatic rings. The number of carbonyl (C=O) groups is 1. The number of hydrogen-bond acceptors (Lipinski definition) is 6. The van der Waals surface area contributed by atoms with Gasteiger partial charge < -0.3 is 9.30 Å². The van der Waals surface area contributed by atoms with E-state index in [0.29, 0.717) is 35.3 Å². The summed E-state index contributed by atoms with van der Waals surface area (Å²) in [6.07, 6.45) is 7.07. The molecule has 1 aliphatic heterocycles. The normalized spacial score (nSPS) is 21.7. The lowest BCUT2D eigenvalue weighted by atomic mass is 9.78. The predicted molar refractivity (Wildman–Crippen MR) is 132 cm³/mol. The lowest BCUT2D eigenvalue weighted by Gasteiger charge is -2.36. The number of imidazole rings is 1. The van der Waals surface area contributed by atoms with Crippen molar-refractivity contribution in [1.82, 2.24) is 29.4 Å². The van der Waals surface area contributed by atoms with Crippen molar-refractivity contribution in [3.63, 3.8) is 0 Å². The van der Waals surface area contributed by atoms with E-state index >= 15 is 0 Å². The average molecular weight is 502 g/mol. The molecule has 6 rings (SSSR count). The summed E-state index contributed by atoms with van der Waals surface area (Å²) in [6.45, 7) is 1.67. The van der Waals surface area contributed by atoms with E-state index in [1.807, 2.05) is 36.8 Å². The SMILES string of the molecule is N#Cc1ccc2ncn(C[C@H]3CCC[C@]4(C3)CN(Cc3cn(-c5ccc(Cl)cc5)nn3)C(=O)O4)c2c1. The van der Waals surface area contributed by atoms with Crippen LogP contribution >= 0.6 is 11.6 Å². The first kappa shape index (κ1) is 22.6. The Hall–Kier alpha value is -3.90. The maximum atomic E-state index is 12.8. The number of carbonyl (C=O) groups excluding carboxylic acids is 1. The summed E-state index contributed by atoms with van der Waals surface area (Å²) in [5, 5.41) is 18.4. The fraction of sp³-hybridized carbons (Fsp3) is 0.346. The highest BCUT2D eigenvalue weighted by Crippen LogP contribution is 2.41. The molecule has 2 aromatic carbocycles. The van der Waals surface area contributed by atoms with Crippen LogP contribution in [0.3, 0.4) is 0 Å². The number of nitrogens with zero attached hydrogens (tertiary/aromatic N) is 7. The smallest absolute Gasteiger partial charge is 0.410 e. The van der Waals surface area contributed by atoms with Crippen LogP contribution in [0.25, 0.3) is 16.7 Å². The second-order valence-corrected chi connectivity index (χ2v) is 10.1. The van der Waals surface area contributed by atoms with Crippen LogP contribution in [0.4, 0.5) is 4.79 Å². The maximum Gasteiger partial charge on any atom is 0.410 e. The van der Waals surface area contributed by atoms with E-state index < -0.39 is 5.60 Å². The second-order valence-electron chi connectivity index (χ2n) is 9.71. The molecule has 1 aliphatic carbocycles. The molecule has 0 radical (unpaired) electrons. The van der Waals surface area contributed by atoms with Crippen LogP contribution in [0, 0.1) is 17.2 Å². The van der Waals surface area contributed by atoms with Gasteiger partial charge in [-0.3, -0.25) is 4.90 Å². The molecule has 1 spiro atoms. The van der Waals surface area contributed by atoms with Gasteiger partial charge in [0.05, 0.1) is 54.0 Å². The molecule has 10 heteroatoms. The molecule has 182 valence electrons. The Morgan fingerprint density at radius 1 is 1.22 bits per heavy atom. The topological polar surface area (TPSA) is 102 Å². The summed E-state index contributed by atoms with van der Waals surface area (Å²) >= 11 is 5.97. The molecule has 2 aromatic heterocycles. The molecule has 36 heavy (non-hydrogen) atoms. The van der Waals surface area contributed by atoms with E-state index in [1.54, 1.807) is 27.8 Å². The lowest BCUT2D eigenvalue weighted by Crippen LogP contribution is -2.40. The molecule has 1 saturated carbocycles. The Kier molecular flexibility index (Phi) is 5.61. The minimum Gasteiger partial charge on any atom is -0.441 e. The molecule has 0 N–H and O–H groups in total. The molecule has 0 bridgehead atoms. The molecule has 3 heterocycles. The Morgan fingerprint density at radius 3 is 2.92 bits per heavy atom. The van der Waals surface area contributed by atoms with E-state index in [9.17, 15) is 10.1 Å². The lowest BCUT2D eigenvalue weighted by molar-refractivity contribution is 0.00415. The van der Waals surface area contributed by atoms with E-state index in [-0.39, 0.29) is 6.09 Å². The van der Waals surface area contributed by atoms with Gasteiger partial charge in [-0.15, -0.1) is 5.10 Å². The highest BCUT2D eigenvalue weighted by molar-refractivity contribution is 6.30. The molecule has 9 nitrogen and oxygen atoms in total. The van der Waals surface area contributed by atoms with Crippen LogP contribution in [0.15, 0.2) is 55.0 Å². The van der Waals surface area contributed by atoms with Gasteiger partial charge in [-0.1, -0.05) is 16.8 Å². The van der Waals surface area contributed by atoms with Gasteiger partial charge in [0.15, 0.2) is 0 Å². The standard InChI is InChI=1S/C26H24ClN7O2/c27-20-4-6-22(7-5-20)34-15-21(30-31-34)14-32-16-26(36-25(32)35)9-1-2-19(11-26)13-33-17-29-23-8-3-18(12-28)10-24(23)33/h3-8,10,15,17,19H,1-2,9,11,13-14,16H2/t19-,26-/m0/s1. The van der Waals surface area contributed by atoms with Gasteiger partial charge in [0.1, 0.15) is 11.3 Å². The molecular weight excluding hydrogens is 478 g/mol. The van der Waals surface area contributed by atoms with Crippen LogP contribution in [0.1, 0.15) is 36.9 Å². The van der Waals surface area contributed by atoms with Crippen molar-refractivity contribution in [1.29, 1.82) is 5.26 Å². The molecule has 1 amide bonds. The van der Waals surface area contributed by atoms with Crippen molar-refractivity contribution < 1.29 is 9.53 Å². The number of hydrogen-bond donors (Lipinski definition) is 0. The quantitative estimate of drug-likeness (QED) is 0.392. The Bertz CT molecular complexity index is 1470. The first-order valence-electron chi connectivity index (χ1n) is 12.0. The van der Waals surface area contributed by atoms with Crippen molar-refractivity contribution in [2.45, 2.75) is 44.4 Å². The highest BCUT2D eigenvalue weighted by Gasteiger charge is 2.48. The van der Waals surface area contributed by atoms with Crippen LogP contribution in [-0.2, 0) is 17.8 Å². The van der Waals surface area contributed by atoms with Crippen molar-refractivity contribution in [2.75, 3.05) is 6.54 Å². The third kappa shape index (κ3) is 4.29. The first-order valence-corrected chi connectivity index (χ1v) is 12.4. The molecule has 4 aromatic rings. The monoisotopic (exact) mass is 501 g/mol. The van der Waals surface area contributed by atoms with Gasteiger partial charge >= 0.3 is 6.09 Å². The average Bonchev–Trinajstić information content (AvgIpc) is 3.58. The number of halogens is 1. The largest absolute Gasteiger partial charge is 0.441 e. The fourth-order valence-corrected chi connectivity index (χ4v) is 5.61. The first-order chi connectivity index (χ1) is 17.5. The fourth-order valence-electron chi connectivity index (χ4n) is 5.49. The van der Waals surface area contributed by atoms with Gasteiger partial charge in [0.2, 0.25) is 0 Å². The Balaban J connectivity index is 1.14. The van der Waals surface area contributed by atoms with Crippen LogP contribution < -0.4 is 0 Å². The van der Waals surface area contributed by atoms with Gasteiger partial charge in [-0.25, -0.2) is 14.5 Å². The summed E-state index contributed by atoms with van der Waals surface area (Å²) in [4.78, 5) is 19.0. The molecule has 2 fully saturated rings. The number of aromatic nitrogens is 5. The third-order valence-electron chi connectivity index (χ3n) is 7.14. The summed E-state index contributed by atoms with van der Waals surface area (Å²) in [5.41, 5.74) is 3.53. The minimum absolute atomic E-state index is 0.302. The summed E-state index contributed by atoms with van der Waals surface area (Å²) < 4.78 is 9.79. The van der Waals surface area contributed by atoms with E-state index in [2.05, 4.69) is 25.9 Å². The van der Waals surface area contributed by atoms with Gasteiger partial charge in [-0.05, 0) is 74.1 Å². The maximum absolute atomic E-state index is 12.8. The van der Waals surface area contributed by atoms with Gasteiger partial charge in [-0.2, -0.15) is 5.26 Å². The van der Waals surface area contributed by atoms with Gasteiger partial charge in [0, 0.05) is 11.6 Å².